The van der Waals surface area contributed by atoms with Crippen molar-refractivity contribution in [3.8, 4) is 0 Å². The second kappa shape index (κ2) is 6.31. The molecule has 2 fully saturated rings. The summed E-state index contributed by atoms with van der Waals surface area (Å²) in [6.07, 6.45) is 4.18. The lowest BCUT2D eigenvalue weighted by atomic mass is 9.78. The van der Waals surface area contributed by atoms with Gasteiger partial charge in [0.25, 0.3) is 5.91 Å². The fourth-order valence-electron chi connectivity index (χ4n) is 3.74. The summed E-state index contributed by atoms with van der Waals surface area (Å²) < 4.78 is 6.67. The summed E-state index contributed by atoms with van der Waals surface area (Å²) in [6.45, 7) is 3.17. The van der Waals surface area contributed by atoms with Gasteiger partial charge in [0.05, 0.1) is 12.0 Å². The van der Waals surface area contributed by atoms with E-state index >= 15 is 0 Å². The molecule has 126 valence electrons. The maximum Gasteiger partial charge on any atom is 0.272 e. The van der Waals surface area contributed by atoms with Gasteiger partial charge in [-0.25, -0.2) is 0 Å². The largest absolute Gasteiger partial charge is 0.383 e. The van der Waals surface area contributed by atoms with E-state index in [0.717, 1.165) is 25.8 Å². The molecule has 2 aliphatic heterocycles. The average Bonchev–Trinajstić information content (AvgIpc) is 3.11. The number of rotatable bonds is 4. The Balaban J connectivity index is 1.72. The third-order valence-corrected chi connectivity index (χ3v) is 5.07. The predicted molar refractivity (Wildman–Crippen MR) is 83.9 cm³/mol. The predicted octanol–water partition coefficient (Wildman–Crippen LogP) is 0.521. The summed E-state index contributed by atoms with van der Waals surface area (Å²) in [6, 6.07) is 1.73. The Bertz CT molecular complexity index is 600. The molecule has 2 amide bonds. The molecule has 23 heavy (non-hydrogen) atoms. The first kappa shape index (κ1) is 16.0. The van der Waals surface area contributed by atoms with Crippen LogP contribution in [0.4, 0.5) is 0 Å². The first-order valence-electron chi connectivity index (χ1n) is 8.13. The molecule has 0 saturated carbocycles. The van der Waals surface area contributed by atoms with E-state index in [0.29, 0.717) is 31.9 Å². The lowest BCUT2D eigenvalue weighted by Gasteiger charge is -2.39. The SMILES string of the molecule is COCCN1CC[C@]2(CCCN(C(=O)c3ccnn3C)C2)C1=O. The Hall–Kier alpha value is -1.89. The zero-order valence-electron chi connectivity index (χ0n) is 13.8. The molecule has 0 N–H and O–H groups in total. The number of methoxy groups -OCH3 is 1. The number of carbonyl (C=O) groups excluding carboxylic acids is 2. The van der Waals surface area contributed by atoms with Crippen LogP contribution in [0.25, 0.3) is 0 Å². The van der Waals surface area contributed by atoms with Crippen molar-refractivity contribution in [3.63, 3.8) is 0 Å². The third-order valence-electron chi connectivity index (χ3n) is 5.07. The van der Waals surface area contributed by atoms with Crippen LogP contribution in [-0.4, -0.2) is 71.3 Å². The van der Waals surface area contributed by atoms with Gasteiger partial charge in [0.2, 0.25) is 5.91 Å². The van der Waals surface area contributed by atoms with Crippen LogP contribution in [0.1, 0.15) is 29.8 Å². The number of aryl methyl sites for hydroxylation is 1. The van der Waals surface area contributed by atoms with Gasteiger partial charge in [-0.15, -0.1) is 0 Å². The number of aromatic nitrogens is 2. The van der Waals surface area contributed by atoms with Crippen molar-refractivity contribution in [2.24, 2.45) is 12.5 Å². The Labute approximate surface area is 136 Å². The summed E-state index contributed by atoms with van der Waals surface area (Å²) in [4.78, 5) is 29.2. The summed E-state index contributed by atoms with van der Waals surface area (Å²) in [5, 5.41) is 4.06. The summed E-state index contributed by atoms with van der Waals surface area (Å²) in [7, 11) is 3.41. The molecule has 0 aromatic carbocycles. The highest BCUT2D eigenvalue weighted by Crippen LogP contribution is 2.40. The molecule has 1 spiro atoms. The van der Waals surface area contributed by atoms with E-state index in [4.69, 9.17) is 4.74 Å². The lowest BCUT2D eigenvalue weighted by Crippen LogP contribution is -2.50. The van der Waals surface area contributed by atoms with Crippen LogP contribution in [0, 0.1) is 5.41 Å². The fraction of sp³-hybridized carbons (Fsp3) is 0.688. The molecular formula is C16H24N4O3. The second-order valence-electron chi connectivity index (χ2n) is 6.49. The number of ether oxygens (including phenoxy) is 1. The number of hydrogen-bond acceptors (Lipinski definition) is 4. The Kier molecular flexibility index (Phi) is 4.39. The highest BCUT2D eigenvalue weighted by molar-refractivity contribution is 5.93. The lowest BCUT2D eigenvalue weighted by molar-refractivity contribution is -0.138. The molecule has 0 radical (unpaired) electrons. The molecule has 7 nitrogen and oxygen atoms in total. The van der Waals surface area contributed by atoms with E-state index in [9.17, 15) is 9.59 Å². The van der Waals surface area contributed by atoms with E-state index in [1.165, 1.54) is 0 Å². The molecule has 7 heteroatoms. The monoisotopic (exact) mass is 320 g/mol. The molecule has 1 aromatic heterocycles. The number of nitrogens with zero attached hydrogens (tertiary/aromatic N) is 4. The van der Waals surface area contributed by atoms with Crippen molar-refractivity contribution >= 4 is 11.8 Å². The number of hydrogen-bond donors (Lipinski definition) is 0. The zero-order chi connectivity index (χ0) is 16.4. The molecule has 0 aliphatic carbocycles. The molecule has 3 rings (SSSR count). The van der Waals surface area contributed by atoms with Crippen LogP contribution in [0.2, 0.25) is 0 Å². The van der Waals surface area contributed by atoms with Crippen molar-refractivity contribution in [1.82, 2.24) is 19.6 Å². The molecule has 3 heterocycles. The normalized spacial score (nSPS) is 24.7. The minimum absolute atomic E-state index is 0.0350. The van der Waals surface area contributed by atoms with E-state index in [2.05, 4.69) is 5.10 Å². The van der Waals surface area contributed by atoms with E-state index in [1.54, 1.807) is 31.1 Å². The Morgan fingerprint density at radius 1 is 1.39 bits per heavy atom. The maximum atomic E-state index is 12.8. The van der Waals surface area contributed by atoms with Gasteiger partial charge in [-0.1, -0.05) is 0 Å². The van der Waals surface area contributed by atoms with Gasteiger partial charge in [-0.05, 0) is 25.3 Å². The molecule has 0 bridgehead atoms. The quantitative estimate of drug-likeness (QED) is 0.811. The number of carbonyl (C=O) groups is 2. The van der Waals surface area contributed by atoms with Gasteiger partial charge in [0.15, 0.2) is 0 Å². The molecule has 1 aromatic rings. The van der Waals surface area contributed by atoms with Gasteiger partial charge < -0.3 is 14.5 Å². The van der Waals surface area contributed by atoms with Gasteiger partial charge in [0, 0.05) is 46.5 Å². The molecule has 2 saturated heterocycles. The van der Waals surface area contributed by atoms with Crippen LogP contribution >= 0.6 is 0 Å². The number of piperidine rings is 1. The van der Waals surface area contributed by atoms with E-state index in [-0.39, 0.29) is 11.8 Å². The first-order valence-corrected chi connectivity index (χ1v) is 8.13. The van der Waals surface area contributed by atoms with Crippen LogP contribution in [0.3, 0.4) is 0 Å². The van der Waals surface area contributed by atoms with Crippen LogP contribution < -0.4 is 0 Å². The average molecular weight is 320 g/mol. The minimum atomic E-state index is -0.403. The van der Waals surface area contributed by atoms with Crippen LogP contribution in [0.5, 0.6) is 0 Å². The van der Waals surface area contributed by atoms with Gasteiger partial charge >= 0.3 is 0 Å². The molecule has 0 unspecified atom stereocenters. The second-order valence-corrected chi connectivity index (χ2v) is 6.49. The smallest absolute Gasteiger partial charge is 0.272 e. The van der Waals surface area contributed by atoms with Gasteiger partial charge in [-0.2, -0.15) is 5.10 Å². The van der Waals surface area contributed by atoms with Crippen LogP contribution in [0.15, 0.2) is 12.3 Å². The molecular weight excluding hydrogens is 296 g/mol. The first-order chi connectivity index (χ1) is 11.1. The third kappa shape index (κ3) is 2.85. The highest BCUT2D eigenvalue weighted by Gasteiger charge is 2.49. The Morgan fingerprint density at radius 2 is 2.22 bits per heavy atom. The summed E-state index contributed by atoms with van der Waals surface area (Å²) in [5.74, 6) is 0.143. The van der Waals surface area contributed by atoms with E-state index in [1.807, 2.05) is 9.80 Å². The van der Waals surface area contributed by atoms with Crippen molar-refractivity contribution in [2.45, 2.75) is 19.3 Å². The molecule has 1 atom stereocenters. The van der Waals surface area contributed by atoms with E-state index < -0.39 is 5.41 Å². The standard InChI is InChI=1S/C16H24N4O3/c1-18-13(4-7-17-18)14(21)20-8-3-5-16(12-20)6-9-19(15(16)22)10-11-23-2/h4,7H,3,5-6,8-12H2,1-2H3/t16-/m0/s1. The van der Waals surface area contributed by atoms with Gasteiger partial charge in [0.1, 0.15) is 5.69 Å². The number of likely N-dealkylation sites (tertiary alicyclic amines) is 2. The van der Waals surface area contributed by atoms with Crippen LogP contribution in [-0.2, 0) is 16.6 Å². The van der Waals surface area contributed by atoms with Crippen molar-refractivity contribution in [1.29, 1.82) is 0 Å². The maximum absolute atomic E-state index is 12.8. The Morgan fingerprint density at radius 3 is 2.91 bits per heavy atom. The topological polar surface area (TPSA) is 67.7 Å². The summed E-state index contributed by atoms with van der Waals surface area (Å²) >= 11 is 0. The van der Waals surface area contributed by atoms with Crippen molar-refractivity contribution < 1.29 is 14.3 Å². The fourth-order valence-corrected chi connectivity index (χ4v) is 3.74. The zero-order valence-corrected chi connectivity index (χ0v) is 13.8. The molecule has 2 aliphatic rings. The summed E-state index contributed by atoms with van der Waals surface area (Å²) in [5.41, 5.74) is 0.170. The highest BCUT2D eigenvalue weighted by atomic mass is 16.5. The van der Waals surface area contributed by atoms with Gasteiger partial charge in [-0.3, -0.25) is 14.3 Å². The van der Waals surface area contributed by atoms with Crippen molar-refractivity contribution in [2.75, 3.05) is 39.9 Å². The minimum Gasteiger partial charge on any atom is -0.383 e. The van der Waals surface area contributed by atoms with Crippen molar-refractivity contribution in [3.05, 3.63) is 18.0 Å². The number of amides is 2.